The fraction of sp³-hybridized carbons (Fsp3) is 0.133. The number of carbonyl (C=O) groups is 1. The average molecular weight is 408 g/mol. The van der Waals surface area contributed by atoms with Crippen LogP contribution < -0.4 is 10.5 Å². The Hall–Kier alpha value is -2.63. The number of thiazole rings is 2. The summed E-state index contributed by atoms with van der Waals surface area (Å²) in [5.74, 6) is -0.580. The minimum absolute atomic E-state index is 0.000720. The van der Waals surface area contributed by atoms with E-state index in [1.807, 2.05) is 24.3 Å². The van der Waals surface area contributed by atoms with E-state index in [1.54, 1.807) is 5.38 Å². The van der Waals surface area contributed by atoms with Crippen LogP contribution in [0.15, 0.2) is 34.8 Å². The van der Waals surface area contributed by atoms with Crippen LogP contribution in [-0.2, 0) is 14.4 Å². The number of nitrogen functional groups attached to an aromatic ring is 1. The van der Waals surface area contributed by atoms with E-state index in [4.69, 9.17) is 27.5 Å². The van der Waals surface area contributed by atoms with Gasteiger partial charge in [0.2, 0.25) is 11.7 Å². The number of para-hydroxylation sites is 1. The summed E-state index contributed by atoms with van der Waals surface area (Å²) < 4.78 is 11.1. The summed E-state index contributed by atoms with van der Waals surface area (Å²) in [4.78, 5) is 24.6. The van der Waals surface area contributed by atoms with Gasteiger partial charge in [0.1, 0.15) is 5.69 Å². The van der Waals surface area contributed by atoms with Gasteiger partial charge in [-0.2, -0.15) is 0 Å². The SMILES string of the molecule is COC(=O)CO/N=C(\C(=S)Oc1nc2ccccc2s1)c1csc(N)n1. The molecule has 0 atom stereocenters. The molecule has 2 N–H and O–H groups in total. The lowest BCUT2D eigenvalue weighted by Crippen LogP contribution is -2.21. The van der Waals surface area contributed by atoms with Crippen LogP contribution in [0, 0.1) is 0 Å². The zero-order chi connectivity index (χ0) is 18.5. The smallest absolute Gasteiger partial charge is 0.346 e. The molecule has 0 amide bonds. The fourth-order valence-electron chi connectivity index (χ4n) is 1.82. The first-order chi connectivity index (χ1) is 12.6. The molecule has 1 aromatic carbocycles. The molecule has 0 radical (unpaired) electrons. The maximum Gasteiger partial charge on any atom is 0.346 e. The minimum atomic E-state index is -0.580. The number of carbonyl (C=O) groups excluding carboxylic acids is 1. The number of thiocarbonyl (C=S) groups is 1. The molecule has 11 heteroatoms. The molecule has 0 aliphatic heterocycles. The Bertz CT molecular complexity index is 949. The summed E-state index contributed by atoms with van der Waals surface area (Å²) in [5.41, 5.74) is 6.97. The lowest BCUT2D eigenvalue weighted by atomic mass is 10.3. The lowest BCUT2D eigenvalue weighted by Gasteiger charge is -2.05. The van der Waals surface area contributed by atoms with Crippen LogP contribution in [0.3, 0.4) is 0 Å². The summed E-state index contributed by atoms with van der Waals surface area (Å²) >= 11 is 7.86. The van der Waals surface area contributed by atoms with E-state index >= 15 is 0 Å². The highest BCUT2D eigenvalue weighted by Crippen LogP contribution is 2.28. The van der Waals surface area contributed by atoms with Gasteiger partial charge in [-0.1, -0.05) is 28.6 Å². The van der Waals surface area contributed by atoms with E-state index in [-0.39, 0.29) is 17.4 Å². The summed E-state index contributed by atoms with van der Waals surface area (Å²) in [6.07, 6.45) is 0. The van der Waals surface area contributed by atoms with Gasteiger partial charge in [0, 0.05) is 5.38 Å². The van der Waals surface area contributed by atoms with Crippen molar-refractivity contribution in [1.82, 2.24) is 9.97 Å². The number of ether oxygens (including phenoxy) is 2. The predicted molar refractivity (Wildman–Crippen MR) is 104 cm³/mol. The van der Waals surface area contributed by atoms with Crippen molar-refractivity contribution in [3.05, 3.63) is 35.3 Å². The number of hydrogen-bond donors (Lipinski definition) is 1. The second-order valence-electron chi connectivity index (χ2n) is 4.70. The molecule has 8 nitrogen and oxygen atoms in total. The van der Waals surface area contributed by atoms with E-state index < -0.39 is 5.97 Å². The molecule has 0 aliphatic carbocycles. The molecule has 0 aliphatic rings. The number of methoxy groups -OCH3 is 1. The van der Waals surface area contributed by atoms with Crippen molar-refractivity contribution in [1.29, 1.82) is 0 Å². The zero-order valence-corrected chi connectivity index (χ0v) is 15.8. The third-order valence-electron chi connectivity index (χ3n) is 2.98. The van der Waals surface area contributed by atoms with Crippen molar-refractivity contribution >= 4 is 67.0 Å². The van der Waals surface area contributed by atoms with Gasteiger partial charge in [0.05, 0.1) is 17.3 Å². The van der Waals surface area contributed by atoms with E-state index in [0.717, 1.165) is 10.2 Å². The minimum Gasteiger partial charge on any atom is -0.466 e. The van der Waals surface area contributed by atoms with Crippen molar-refractivity contribution in [2.45, 2.75) is 0 Å². The third-order valence-corrected chi connectivity index (χ3v) is 4.84. The molecular formula is C15H12N4O4S3. The maximum atomic E-state index is 11.2. The predicted octanol–water partition coefficient (Wildman–Crippen LogP) is 2.64. The van der Waals surface area contributed by atoms with Gasteiger partial charge in [-0.15, -0.1) is 11.3 Å². The van der Waals surface area contributed by atoms with Gasteiger partial charge < -0.3 is 20.0 Å². The molecule has 2 aromatic heterocycles. The van der Waals surface area contributed by atoms with Crippen LogP contribution in [0.4, 0.5) is 5.13 Å². The summed E-state index contributed by atoms with van der Waals surface area (Å²) in [6.45, 7) is -0.372. The highest BCUT2D eigenvalue weighted by Gasteiger charge is 2.19. The number of fused-ring (bicyclic) bond motifs is 1. The van der Waals surface area contributed by atoms with E-state index in [0.29, 0.717) is 16.0 Å². The number of anilines is 1. The fourth-order valence-corrected chi connectivity index (χ4v) is 3.46. The van der Waals surface area contributed by atoms with Crippen molar-refractivity contribution < 1.29 is 19.1 Å². The second-order valence-corrected chi connectivity index (χ2v) is 6.95. The molecule has 0 bridgehead atoms. The number of oxime groups is 1. The van der Waals surface area contributed by atoms with Crippen molar-refractivity contribution in [2.24, 2.45) is 5.16 Å². The Labute approximate surface area is 161 Å². The van der Waals surface area contributed by atoms with Gasteiger partial charge in [0.15, 0.2) is 10.8 Å². The van der Waals surface area contributed by atoms with Crippen LogP contribution >= 0.6 is 34.9 Å². The normalized spacial score (nSPS) is 11.3. The Balaban J connectivity index is 1.81. The first-order valence-electron chi connectivity index (χ1n) is 7.12. The van der Waals surface area contributed by atoms with E-state index in [9.17, 15) is 4.79 Å². The zero-order valence-electron chi connectivity index (χ0n) is 13.4. The standard InChI is InChI=1S/C15H12N4O4S3/c1-21-11(20)6-22-19-12(9-7-25-14(16)17-9)13(24)23-15-18-8-4-2-3-5-10(8)26-15/h2-5,7H,6H2,1H3,(H2,16,17)/b19-12-. The number of nitrogens with two attached hydrogens (primary N) is 1. The van der Waals surface area contributed by atoms with E-state index in [2.05, 4.69) is 19.9 Å². The summed E-state index contributed by atoms with van der Waals surface area (Å²) in [7, 11) is 1.25. The first kappa shape index (κ1) is 18.2. The molecule has 0 saturated heterocycles. The number of esters is 1. The summed E-state index contributed by atoms with van der Waals surface area (Å²) in [5, 5.41) is 6.21. The monoisotopic (exact) mass is 408 g/mol. The Kier molecular flexibility index (Phi) is 5.71. The highest BCUT2D eigenvalue weighted by atomic mass is 32.1. The van der Waals surface area contributed by atoms with Gasteiger partial charge in [-0.25, -0.2) is 14.8 Å². The number of hydrogen-bond acceptors (Lipinski definition) is 11. The lowest BCUT2D eigenvalue weighted by molar-refractivity contribution is -0.145. The molecule has 134 valence electrons. The molecule has 3 rings (SSSR count). The van der Waals surface area contributed by atoms with E-state index in [1.165, 1.54) is 29.8 Å². The molecule has 3 aromatic rings. The second kappa shape index (κ2) is 8.17. The van der Waals surface area contributed by atoms with Crippen LogP contribution in [-0.4, -0.2) is 40.4 Å². The Morgan fingerprint density at radius 2 is 2.15 bits per heavy atom. The van der Waals surface area contributed by atoms with Gasteiger partial charge >= 0.3 is 5.97 Å². The molecule has 0 spiro atoms. The quantitative estimate of drug-likeness (QED) is 0.287. The maximum absolute atomic E-state index is 11.2. The van der Waals surface area contributed by atoms with Gasteiger partial charge in [-0.3, -0.25) is 0 Å². The molecule has 0 unspecified atom stereocenters. The topological polar surface area (TPSA) is 109 Å². The Morgan fingerprint density at radius 3 is 2.85 bits per heavy atom. The van der Waals surface area contributed by atoms with Gasteiger partial charge in [0.25, 0.3) is 5.19 Å². The largest absolute Gasteiger partial charge is 0.466 e. The number of benzene rings is 1. The molecule has 26 heavy (non-hydrogen) atoms. The van der Waals surface area contributed by atoms with Crippen LogP contribution in [0.25, 0.3) is 10.2 Å². The summed E-state index contributed by atoms with van der Waals surface area (Å²) in [6, 6.07) is 7.60. The molecular weight excluding hydrogens is 396 g/mol. The first-order valence-corrected chi connectivity index (χ1v) is 9.23. The number of rotatable bonds is 6. The average Bonchev–Trinajstić information content (AvgIpc) is 3.23. The van der Waals surface area contributed by atoms with Crippen molar-refractivity contribution in [3.63, 3.8) is 0 Å². The van der Waals surface area contributed by atoms with Crippen molar-refractivity contribution in [2.75, 3.05) is 19.5 Å². The van der Waals surface area contributed by atoms with Crippen LogP contribution in [0.1, 0.15) is 5.69 Å². The van der Waals surface area contributed by atoms with Crippen molar-refractivity contribution in [3.8, 4) is 5.19 Å². The van der Waals surface area contributed by atoms with Gasteiger partial charge in [-0.05, 0) is 24.4 Å². The molecule has 0 saturated carbocycles. The molecule has 2 heterocycles. The third kappa shape index (κ3) is 4.31. The number of aromatic nitrogens is 2. The number of nitrogens with zero attached hydrogens (tertiary/aromatic N) is 3. The van der Waals surface area contributed by atoms with Crippen LogP contribution in [0.5, 0.6) is 5.19 Å². The highest BCUT2D eigenvalue weighted by molar-refractivity contribution is 7.81. The Morgan fingerprint density at radius 1 is 1.35 bits per heavy atom. The molecule has 0 fully saturated rings. The van der Waals surface area contributed by atoms with Crippen LogP contribution in [0.2, 0.25) is 0 Å².